The first-order valence-electron chi connectivity index (χ1n) is 6.18. The summed E-state index contributed by atoms with van der Waals surface area (Å²) in [5.41, 5.74) is 0.651. The highest BCUT2D eigenvalue weighted by molar-refractivity contribution is 7.10. The van der Waals surface area contributed by atoms with Gasteiger partial charge in [-0.05, 0) is 29.6 Å². The van der Waals surface area contributed by atoms with E-state index >= 15 is 0 Å². The molecule has 0 amide bonds. The van der Waals surface area contributed by atoms with Crippen LogP contribution in [0, 0.1) is 5.82 Å². The molecule has 0 atom stereocenters. The molecular weight excluding hydrogens is 281 g/mol. The van der Waals surface area contributed by atoms with Crippen molar-refractivity contribution in [2.24, 2.45) is 0 Å². The first-order chi connectivity index (χ1) is 8.99. The van der Waals surface area contributed by atoms with Crippen LogP contribution in [0.3, 0.4) is 0 Å². The number of benzene rings is 1. The second-order valence-electron chi connectivity index (χ2n) is 5.20. The van der Waals surface area contributed by atoms with E-state index in [2.05, 4.69) is 36.7 Å². The molecule has 1 heterocycles. The quantitative estimate of drug-likeness (QED) is 0.850. The van der Waals surface area contributed by atoms with E-state index in [4.69, 9.17) is 11.6 Å². The van der Waals surface area contributed by atoms with Gasteiger partial charge in [0.25, 0.3) is 0 Å². The van der Waals surface area contributed by atoms with E-state index in [1.807, 2.05) is 0 Å². The van der Waals surface area contributed by atoms with Gasteiger partial charge in [-0.1, -0.05) is 31.5 Å². The van der Waals surface area contributed by atoms with Crippen molar-refractivity contribution in [2.45, 2.75) is 25.8 Å². The summed E-state index contributed by atoms with van der Waals surface area (Å²) in [5.74, 6) is -0.217. The number of halogens is 2. The molecule has 1 N–H and O–H groups in total. The molecule has 1 aromatic heterocycles. The number of nitrogens with one attached hydrogen (secondary N) is 1. The molecule has 19 heavy (non-hydrogen) atoms. The van der Waals surface area contributed by atoms with Crippen LogP contribution in [0.4, 0.5) is 4.39 Å². The SMILES string of the molecule is CC(C)(CNCc1cc(Cl)ccc1F)c1cccs1. The minimum atomic E-state index is -0.217. The van der Waals surface area contributed by atoms with Crippen molar-refractivity contribution in [1.82, 2.24) is 5.32 Å². The van der Waals surface area contributed by atoms with Crippen molar-refractivity contribution in [2.75, 3.05) is 6.54 Å². The highest BCUT2D eigenvalue weighted by Crippen LogP contribution is 2.26. The maximum atomic E-state index is 13.6. The number of rotatable bonds is 5. The maximum Gasteiger partial charge on any atom is 0.127 e. The highest BCUT2D eigenvalue weighted by Gasteiger charge is 2.21. The number of thiophene rings is 1. The Hall–Kier alpha value is -0.900. The Morgan fingerprint density at radius 1 is 1.32 bits per heavy atom. The predicted molar refractivity (Wildman–Crippen MR) is 80.5 cm³/mol. The molecule has 102 valence electrons. The fraction of sp³-hybridized carbons (Fsp3) is 0.333. The van der Waals surface area contributed by atoms with Gasteiger partial charge in [0.15, 0.2) is 0 Å². The minimum absolute atomic E-state index is 0.0449. The van der Waals surface area contributed by atoms with Gasteiger partial charge in [-0.3, -0.25) is 0 Å². The van der Waals surface area contributed by atoms with E-state index < -0.39 is 0 Å². The van der Waals surface area contributed by atoms with Crippen molar-refractivity contribution in [3.8, 4) is 0 Å². The van der Waals surface area contributed by atoms with Gasteiger partial charge >= 0.3 is 0 Å². The molecular formula is C15H17ClFNS. The maximum absolute atomic E-state index is 13.6. The molecule has 0 aliphatic rings. The van der Waals surface area contributed by atoms with E-state index in [9.17, 15) is 4.39 Å². The van der Waals surface area contributed by atoms with E-state index in [0.29, 0.717) is 17.1 Å². The molecule has 0 saturated carbocycles. The summed E-state index contributed by atoms with van der Waals surface area (Å²) in [5, 5.41) is 5.95. The van der Waals surface area contributed by atoms with Gasteiger partial charge < -0.3 is 5.32 Å². The van der Waals surface area contributed by atoms with E-state index in [1.54, 1.807) is 23.5 Å². The zero-order valence-electron chi connectivity index (χ0n) is 11.0. The average Bonchev–Trinajstić information content (AvgIpc) is 2.88. The molecule has 0 fully saturated rings. The molecule has 0 spiro atoms. The van der Waals surface area contributed by atoms with Gasteiger partial charge in [0.05, 0.1) is 0 Å². The highest BCUT2D eigenvalue weighted by atomic mass is 35.5. The summed E-state index contributed by atoms with van der Waals surface area (Å²) in [6.07, 6.45) is 0. The third-order valence-corrected chi connectivity index (χ3v) is 4.55. The summed E-state index contributed by atoms with van der Waals surface area (Å²) in [7, 11) is 0. The molecule has 0 aliphatic carbocycles. The lowest BCUT2D eigenvalue weighted by atomic mass is 9.91. The first-order valence-corrected chi connectivity index (χ1v) is 7.43. The summed E-state index contributed by atoms with van der Waals surface area (Å²) >= 11 is 7.62. The molecule has 2 aromatic rings. The lowest BCUT2D eigenvalue weighted by molar-refractivity contribution is 0.471. The Bertz CT molecular complexity index is 537. The van der Waals surface area contributed by atoms with Gasteiger partial charge in [0.2, 0.25) is 0 Å². The van der Waals surface area contributed by atoms with Gasteiger partial charge in [-0.15, -0.1) is 11.3 Å². The second kappa shape index (κ2) is 6.04. The van der Waals surface area contributed by atoms with Crippen molar-refractivity contribution >= 4 is 22.9 Å². The van der Waals surface area contributed by atoms with Crippen LogP contribution in [-0.2, 0) is 12.0 Å². The van der Waals surface area contributed by atoms with Crippen LogP contribution in [0.2, 0.25) is 5.02 Å². The van der Waals surface area contributed by atoms with Crippen molar-refractivity contribution in [3.05, 3.63) is 57.0 Å². The van der Waals surface area contributed by atoms with Crippen LogP contribution < -0.4 is 5.32 Å². The smallest absolute Gasteiger partial charge is 0.127 e. The molecule has 0 aliphatic heterocycles. The van der Waals surface area contributed by atoms with Crippen LogP contribution in [0.15, 0.2) is 35.7 Å². The minimum Gasteiger partial charge on any atom is -0.312 e. The van der Waals surface area contributed by atoms with Crippen LogP contribution in [-0.4, -0.2) is 6.54 Å². The Balaban J connectivity index is 1.95. The van der Waals surface area contributed by atoms with Crippen molar-refractivity contribution < 1.29 is 4.39 Å². The van der Waals surface area contributed by atoms with Crippen LogP contribution >= 0.6 is 22.9 Å². The Kier molecular flexibility index (Phi) is 4.61. The lowest BCUT2D eigenvalue weighted by Crippen LogP contribution is -2.32. The average molecular weight is 298 g/mol. The standard InChI is InChI=1S/C15H17ClFNS/c1-15(2,14-4-3-7-19-14)10-18-9-11-8-12(16)5-6-13(11)17/h3-8,18H,9-10H2,1-2H3. The fourth-order valence-corrected chi connectivity index (χ4v) is 2.99. The van der Waals surface area contributed by atoms with Gasteiger partial charge in [-0.25, -0.2) is 4.39 Å². The zero-order chi connectivity index (χ0) is 13.9. The molecule has 4 heteroatoms. The second-order valence-corrected chi connectivity index (χ2v) is 6.58. The number of hydrogen-bond acceptors (Lipinski definition) is 2. The largest absolute Gasteiger partial charge is 0.312 e. The summed E-state index contributed by atoms with van der Waals surface area (Å²) < 4.78 is 13.6. The van der Waals surface area contributed by atoms with Crippen molar-refractivity contribution in [3.63, 3.8) is 0 Å². The zero-order valence-corrected chi connectivity index (χ0v) is 12.6. The van der Waals surface area contributed by atoms with Crippen LogP contribution in [0.5, 0.6) is 0 Å². The van der Waals surface area contributed by atoms with Crippen molar-refractivity contribution in [1.29, 1.82) is 0 Å². The van der Waals surface area contributed by atoms with Gasteiger partial charge in [0.1, 0.15) is 5.82 Å². The van der Waals surface area contributed by atoms with Gasteiger partial charge in [-0.2, -0.15) is 0 Å². The normalized spacial score (nSPS) is 11.8. The van der Waals surface area contributed by atoms with Gasteiger partial charge in [0, 0.05) is 34.0 Å². The Morgan fingerprint density at radius 3 is 2.79 bits per heavy atom. The monoisotopic (exact) mass is 297 g/mol. The first kappa shape index (κ1) is 14.5. The van der Waals surface area contributed by atoms with E-state index in [0.717, 1.165) is 6.54 Å². The summed E-state index contributed by atoms with van der Waals surface area (Å²) in [4.78, 5) is 1.33. The lowest BCUT2D eigenvalue weighted by Gasteiger charge is -2.23. The molecule has 1 aromatic carbocycles. The molecule has 1 nitrogen and oxygen atoms in total. The third-order valence-electron chi connectivity index (χ3n) is 3.08. The molecule has 0 saturated heterocycles. The molecule has 0 unspecified atom stereocenters. The fourth-order valence-electron chi connectivity index (χ4n) is 1.94. The topological polar surface area (TPSA) is 12.0 Å². The Labute approximate surface area is 122 Å². The molecule has 0 radical (unpaired) electrons. The van der Waals surface area contributed by atoms with Crippen LogP contribution in [0.25, 0.3) is 0 Å². The predicted octanol–water partition coefficient (Wildman–Crippen LogP) is 4.61. The van der Waals surface area contributed by atoms with Crippen LogP contribution in [0.1, 0.15) is 24.3 Å². The summed E-state index contributed by atoms with van der Waals surface area (Å²) in [6.45, 7) is 5.64. The number of hydrogen-bond donors (Lipinski definition) is 1. The molecule has 0 bridgehead atoms. The van der Waals surface area contributed by atoms with E-state index in [1.165, 1.54) is 10.9 Å². The van der Waals surface area contributed by atoms with E-state index in [-0.39, 0.29) is 11.2 Å². The summed E-state index contributed by atoms with van der Waals surface area (Å²) in [6, 6.07) is 8.83. The third kappa shape index (κ3) is 3.78. The Morgan fingerprint density at radius 2 is 2.11 bits per heavy atom. The molecule has 2 rings (SSSR count).